The second-order valence-corrected chi connectivity index (χ2v) is 7.05. The van der Waals surface area contributed by atoms with Gasteiger partial charge in [-0.1, -0.05) is 0 Å². The van der Waals surface area contributed by atoms with E-state index >= 15 is 0 Å². The van der Waals surface area contributed by atoms with Crippen LogP contribution in [0.5, 0.6) is 0 Å². The molecule has 0 saturated heterocycles. The number of anilines is 2. The lowest BCUT2D eigenvalue weighted by molar-refractivity contribution is -0.115. The largest absolute Gasteiger partial charge is 0.387 e. The molecule has 2 rings (SSSR count). The van der Waals surface area contributed by atoms with E-state index in [1.165, 1.54) is 11.7 Å². The van der Waals surface area contributed by atoms with Gasteiger partial charge < -0.3 is 11.1 Å². The number of sulfonamides is 1. The Balaban J connectivity index is 2.29. The molecular weight excluding hydrogens is 364 g/mol. The average Bonchev–Trinajstić information content (AvgIpc) is 2.94. The van der Waals surface area contributed by atoms with Crippen molar-refractivity contribution in [2.24, 2.45) is 5.73 Å². The molecule has 12 heteroatoms. The highest BCUT2D eigenvalue weighted by atomic mass is 32.2. The smallest absolute Gasteiger partial charge is 0.262 e. The number of hydrogen-bond donors (Lipinski definition) is 4. The highest BCUT2D eigenvalue weighted by Gasteiger charge is 2.21. The van der Waals surface area contributed by atoms with Gasteiger partial charge in [-0.3, -0.25) is 19.9 Å². The van der Waals surface area contributed by atoms with Crippen LogP contribution in [-0.2, 0) is 14.8 Å². The van der Waals surface area contributed by atoms with Crippen LogP contribution in [0.2, 0.25) is 0 Å². The molecule has 1 aromatic carbocycles. The molecule has 1 amide bonds. The molecule has 8 nitrogen and oxygen atoms in total. The summed E-state index contributed by atoms with van der Waals surface area (Å²) in [5.41, 5.74) is 5.57. The van der Waals surface area contributed by atoms with Crippen molar-refractivity contribution in [3.63, 3.8) is 0 Å². The van der Waals surface area contributed by atoms with E-state index in [-0.39, 0.29) is 5.00 Å². The molecule has 0 saturated carbocycles. The molecule has 128 valence electrons. The zero-order chi connectivity index (χ0) is 17.9. The molecule has 0 aliphatic rings. The molecule has 0 aliphatic carbocycles. The van der Waals surface area contributed by atoms with Crippen LogP contribution < -0.4 is 15.8 Å². The van der Waals surface area contributed by atoms with Gasteiger partial charge in [-0.15, -0.1) is 11.3 Å². The van der Waals surface area contributed by atoms with Crippen LogP contribution >= 0.6 is 11.3 Å². The van der Waals surface area contributed by atoms with Gasteiger partial charge >= 0.3 is 0 Å². The van der Waals surface area contributed by atoms with E-state index in [1.807, 2.05) is 5.32 Å². The molecule has 0 radical (unpaired) electrons. The quantitative estimate of drug-likeness (QED) is 0.448. The van der Waals surface area contributed by atoms with Gasteiger partial charge in [0.2, 0.25) is 5.91 Å². The van der Waals surface area contributed by atoms with E-state index in [0.717, 1.165) is 11.3 Å². The second kappa shape index (κ2) is 6.88. The molecule has 2 aromatic rings. The number of rotatable bonds is 6. The average molecular weight is 375 g/mol. The SMILES string of the molecule is N=C(N)CC(=O)Nc1c(F)cc(S(=O)(=O)Nc2cncs2)cc1F. The zero-order valence-corrected chi connectivity index (χ0v) is 13.5. The fraction of sp³-hybridized carbons (Fsp3) is 0.0833. The molecule has 0 atom stereocenters. The maximum atomic E-state index is 14.0. The van der Waals surface area contributed by atoms with E-state index in [2.05, 4.69) is 9.71 Å². The van der Waals surface area contributed by atoms with Gasteiger partial charge in [0, 0.05) is 0 Å². The van der Waals surface area contributed by atoms with Crippen LogP contribution in [0.4, 0.5) is 19.5 Å². The number of carbonyl (C=O) groups is 1. The monoisotopic (exact) mass is 375 g/mol. The standard InChI is InChI=1S/C12H11F2N5O3S2/c13-7-1-6(24(21,22)19-11-4-17-5-23-11)2-8(14)12(7)18-10(20)3-9(15)16/h1-2,4-5,19H,3H2,(H3,15,16)(H,18,20). The van der Waals surface area contributed by atoms with E-state index in [9.17, 15) is 22.0 Å². The summed E-state index contributed by atoms with van der Waals surface area (Å²) in [4.78, 5) is 14.4. The number of aromatic nitrogens is 1. The first-order chi connectivity index (χ1) is 11.2. The lowest BCUT2D eigenvalue weighted by Gasteiger charge is -2.10. The van der Waals surface area contributed by atoms with E-state index in [1.54, 1.807) is 0 Å². The van der Waals surface area contributed by atoms with Gasteiger partial charge in [-0.25, -0.2) is 17.2 Å². The minimum atomic E-state index is -4.22. The predicted molar refractivity (Wildman–Crippen MR) is 84.4 cm³/mol. The van der Waals surface area contributed by atoms with Crippen LogP contribution in [0.25, 0.3) is 0 Å². The van der Waals surface area contributed by atoms with E-state index in [4.69, 9.17) is 11.1 Å². The number of thiazole rings is 1. The molecular formula is C12H11F2N5O3S2. The number of benzene rings is 1. The van der Waals surface area contributed by atoms with E-state index in [0.29, 0.717) is 12.1 Å². The summed E-state index contributed by atoms with van der Waals surface area (Å²) in [7, 11) is -4.22. The molecule has 0 bridgehead atoms. The minimum Gasteiger partial charge on any atom is -0.387 e. The van der Waals surface area contributed by atoms with Crippen molar-refractivity contribution in [3.8, 4) is 0 Å². The van der Waals surface area contributed by atoms with Crippen molar-refractivity contribution in [1.82, 2.24) is 4.98 Å². The van der Waals surface area contributed by atoms with Crippen LogP contribution in [-0.4, -0.2) is 25.1 Å². The maximum absolute atomic E-state index is 14.0. The second-order valence-electron chi connectivity index (χ2n) is 4.48. The summed E-state index contributed by atoms with van der Waals surface area (Å²) in [5, 5.41) is 9.02. The number of halogens is 2. The van der Waals surface area contributed by atoms with Gasteiger partial charge in [0.25, 0.3) is 10.0 Å². The fourth-order valence-corrected chi connectivity index (χ4v) is 3.47. The summed E-state index contributed by atoms with van der Waals surface area (Å²) in [6.07, 6.45) is 0.692. The number of nitrogens with zero attached hydrogens (tertiary/aromatic N) is 1. The first-order valence-corrected chi connectivity index (χ1v) is 8.58. The van der Waals surface area contributed by atoms with Gasteiger partial charge in [-0.05, 0) is 12.1 Å². The molecule has 0 spiro atoms. The molecule has 1 aromatic heterocycles. The molecule has 24 heavy (non-hydrogen) atoms. The minimum absolute atomic E-state index is 0.176. The van der Waals surface area contributed by atoms with Crippen molar-refractivity contribution in [2.45, 2.75) is 11.3 Å². The van der Waals surface area contributed by atoms with Gasteiger partial charge in [0.1, 0.15) is 16.5 Å². The number of hydrogen-bond acceptors (Lipinski definition) is 6. The molecule has 1 heterocycles. The number of amides is 1. The van der Waals surface area contributed by atoms with Crippen molar-refractivity contribution in [2.75, 3.05) is 10.0 Å². The highest BCUT2D eigenvalue weighted by Crippen LogP contribution is 2.25. The zero-order valence-electron chi connectivity index (χ0n) is 11.8. The molecule has 0 fully saturated rings. The van der Waals surface area contributed by atoms with E-state index < -0.39 is 50.4 Å². The Morgan fingerprint density at radius 3 is 2.46 bits per heavy atom. The van der Waals surface area contributed by atoms with Crippen LogP contribution in [0.1, 0.15) is 6.42 Å². The van der Waals surface area contributed by atoms with Gasteiger partial charge in [0.05, 0.1) is 23.0 Å². The maximum Gasteiger partial charge on any atom is 0.262 e. The van der Waals surface area contributed by atoms with Crippen LogP contribution in [0, 0.1) is 17.0 Å². The van der Waals surface area contributed by atoms with Crippen molar-refractivity contribution < 1.29 is 22.0 Å². The van der Waals surface area contributed by atoms with Crippen molar-refractivity contribution in [3.05, 3.63) is 35.5 Å². The van der Waals surface area contributed by atoms with Crippen molar-refractivity contribution in [1.29, 1.82) is 5.41 Å². The summed E-state index contributed by atoms with van der Waals surface area (Å²) in [6.45, 7) is 0. The van der Waals surface area contributed by atoms with Crippen molar-refractivity contribution >= 4 is 43.8 Å². The highest BCUT2D eigenvalue weighted by molar-refractivity contribution is 7.93. The number of nitrogens with one attached hydrogen (secondary N) is 3. The first-order valence-electron chi connectivity index (χ1n) is 6.22. The normalized spacial score (nSPS) is 11.1. The predicted octanol–water partition coefficient (Wildman–Crippen LogP) is 1.49. The van der Waals surface area contributed by atoms with Gasteiger partial charge in [-0.2, -0.15) is 0 Å². The number of amidine groups is 1. The van der Waals surface area contributed by atoms with Crippen LogP contribution in [0.3, 0.4) is 0 Å². The first kappa shape index (κ1) is 17.7. The summed E-state index contributed by atoms with van der Waals surface area (Å²) < 4.78 is 54.2. The Kier molecular flexibility index (Phi) is 5.09. The fourth-order valence-electron chi connectivity index (χ4n) is 1.64. The van der Waals surface area contributed by atoms with Crippen LogP contribution in [0.15, 0.2) is 28.7 Å². The Morgan fingerprint density at radius 2 is 1.96 bits per heavy atom. The summed E-state index contributed by atoms with van der Waals surface area (Å²) in [6, 6.07) is 1.13. The lowest BCUT2D eigenvalue weighted by atomic mass is 10.2. The Bertz CT molecular complexity index is 861. The topological polar surface area (TPSA) is 138 Å². The third kappa shape index (κ3) is 4.23. The Morgan fingerprint density at radius 1 is 1.33 bits per heavy atom. The molecule has 0 aliphatic heterocycles. The number of nitrogens with two attached hydrogens (primary N) is 1. The molecule has 0 unspecified atom stereocenters. The molecule has 5 N–H and O–H groups in total. The summed E-state index contributed by atoms with van der Waals surface area (Å²) >= 11 is 0.992. The third-order valence-corrected chi connectivity index (χ3v) is 4.77. The lowest BCUT2D eigenvalue weighted by Crippen LogP contribution is -2.22. The Hall–Kier alpha value is -2.60. The van der Waals surface area contributed by atoms with Gasteiger partial charge in [0.15, 0.2) is 11.6 Å². The number of carbonyl (C=O) groups excluding carboxylic acids is 1. The Labute approximate surface area is 139 Å². The summed E-state index contributed by atoms with van der Waals surface area (Å²) in [5.74, 6) is -3.95. The third-order valence-electron chi connectivity index (χ3n) is 2.61.